The van der Waals surface area contributed by atoms with Crippen LogP contribution in [-0.4, -0.2) is 53.5 Å². The molecule has 0 radical (unpaired) electrons. The van der Waals surface area contributed by atoms with Crippen molar-refractivity contribution in [1.29, 1.82) is 0 Å². The van der Waals surface area contributed by atoms with Crippen molar-refractivity contribution in [1.82, 2.24) is 14.8 Å². The van der Waals surface area contributed by atoms with Crippen LogP contribution in [0, 0.1) is 11.7 Å². The molecule has 0 saturated carbocycles. The van der Waals surface area contributed by atoms with Gasteiger partial charge in [0.2, 0.25) is 0 Å². The zero-order valence-corrected chi connectivity index (χ0v) is 14.8. The Hall–Kier alpha value is -2.47. The normalized spacial score (nSPS) is 22.5. The molecule has 4 rings (SSSR count). The summed E-state index contributed by atoms with van der Waals surface area (Å²) in [7, 11) is 1.41. The number of benzene rings is 1. The molecule has 2 saturated heterocycles. The maximum Gasteiger partial charge on any atom is 0.254 e. The Morgan fingerprint density at radius 2 is 2.23 bits per heavy atom. The summed E-state index contributed by atoms with van der Waals surface area (Å²) in [6, 6.07) is 8.79. The third-order valence-electron chi connectivity index (χ3n) is 5.45. The standard InChI is InChI=1S/C20H22FN3O2/c1-26-19-5-4-15(9-17(19)21)20(25)23-8-6-16-12-24(18(16)13-23)11-14-3-2-7-22-10-14/h2-5,7,9-10,16,18H,6,8,11-13H2,1H3/t16-,18-/m1/s1. The van der Waals surface area contributed by atoms with Crippen LogP contribution in [0.4, 0.5) is 4.39 Å². The lowest BCUT2D eigenvalue weighted by Crippen LogP contribution is -2.64. The fraction of sp³-hybridized carbons (Fsp3) is 0.400. The molecule has 2 aromatic rings. The average molecular weight is 355 g/mol. The SMILES string of the molecule is COc1ccc(C(=O)N2CC[C@@H]3CN(Cc4cccnc4)[C@@H]3C2)cc1F. The van der Waals surface area contributed by atoms with E-state index in [1.54, 1.807) is 12.3 Å². The second kappa shape index (κ2) is 7.03. The Bertz CT molecular complexity index is 799. The molecular weight excluding hydrogens is 333 g/mol. The highest BCUT2D eigenvalue weighted by atomic mass is 19.1. The van der Waals surface area contributed by atoms with Crippen LogP contribution in [0.1, 0.15) is 22.3 Å². The van der Waals surface area contributed by atoms with Gasteiger partial charge in [0.1, 0.15) is 0 Å². The fourth-order valence-corrected chi connectivity index (χ4v) is 3.98. The summed E-state index contributed by atoms with van der Waals surface area (Å²) in [5.41, 5.74) is 1.56. The van der Waals surface area contributed by atoms with Crippen LogP contribution >= 0.6 is 0 Å². The number of hydrogen-bond acceptors (Lipinski definition) is 4. The first-order valence-electron chi connectivity index (χ1n) is 8.91. The third kappa shape index (κ3) is 3.17. The number of amides is 1. The second-order valence-electron chi connectivity index (χ2n) is 7.01. The van der Waals surface area contributed by atoms with Crippen LogP contribution in [0.15, 0.2) is 42.7 Å². The van der Waals surface area contributed by atoms with Crippen molar-refractivity contribution in [2.45, 2.75) is 19.0 Å². The predicted octanol–water partition coefficient (Wildman–Crippen LogP) is 2.58. The van der Waals surface area contributed by atoms with E-state index < -0.39 is 5.82 Å². The van der Waals surface area contributed by atoms with Crippen LogP contribution in [0.5, 0.6) is 5.75 Å². The molecule has 0 spiro atoms. The summed E-state index contributed by atoms with van der Waals surface area (Å²) in [6.45, 7) is 3.35. The van der Waals surface area contributed by atoms with E-state index in [1.165, 1.54) is 24.8 Å². The topological polar surface area (TPSA) is 45.7 Å². The van der Waals surface area contributed by atoms with Crippen molar-refractivity contribution >= 4 is 5.91 Å². The van der Waals surface area contributed by atoms with E-state index in [9.17, 15) is 9.18 Å². The van der Waals surface area contributed by atoms with Gasteiger partial charge in [0.25, 0.3) is 5.91 Å². The van der Waals surface area contributed by atoms with E-state index in [-0.39, 0.29) is 11.7 Å². The van der Waals surface area contributed by atoms with Gasteiger partial charge in [-0.1, -0.05) is 6.07 Å². The molecule has 0 unspecified atom stereocenters. The largest absolute Gasteiger partial charge is 0.494 e. The number of nitrogens with zero attached hydrogens (tertiary/aromatic N) is 3. The molecule has 6 heteroatoms. The number of pyridine rings is 1. The number of halogens is 1. The summed E-state index contributed by atoms with van der Waals surface area (Å²) < 4.78 is 18.8. The minimum absolute atomic E-state index is 0.113. The quantitative estimate of drug-likeness (QED) is 0.846. The van der Waals surface area contributed by atoms with Crippen molar-refractivity contribution in [2.24, 2.45) is 5.92 Å². The molecule has 1 aromatic carbocycles. The van der Waals surface area contributed by atoms with Crippen molar-refractivity contribution in [3.05, 3.63) is 59.7 Å². The Morgan fingerprint density at radius 1 is 1.35 bits per heavy atom. The molecule has 0 aliphatic carbocycles. The van der Waals surface area contributed by atoms with Gasteiger partial charge in [-0.3, -0.25) is 14.7 Å². The van der Waals surface area contributed by atoms with E-state index >= 15 is 0 Å². The van der Waals surface area contributed by atoms with Crippen LogP contribution in [0.3, 0.4) is 0 Å². The Morgan fingerprint density at radius 3 is 2.96 bits per heavy atom. The van der Waals surface area contributed by atoms with Crippen molar-refractivity contribution in [3.63, 3.8) is 0 Å². The number of carbonyl (C=O) groups is 1. The van der Waals surface area contributed by atoms with Gasteiger partial charge < -0.3 is 9.64 Å². The first-order chi connectivity index (χ1) is 12.7. The van der Waals surface area contributed by atoms with Gasteiger partial charge >= 0.3 is 0 Å². The number of carbonyl (C=O) groups excluding carboxylic acids is 1. The minimum Gasteiger partial charge on any atom is -0.494 e. The number of hydrogen-bond donors (Lipinski definition) is 0. The van der Waals surface area contributed by atoms with Crippen molar-refractivity contribution < 1.29 is 13.9 Å². The van der Waals surface area contributed by atoms with Crippen LogP contribution in [-0.2, 0) is 6.54 Å². The molecule has 5 nitrogen and oxygen atoms in total. The highest BCUT2D eigenvalue weighted by Crippen LogP contribution is 2.34. The lowest BCUT2D eigenvalue weighted by Gasteiger charge is -2.53. The Balaban J connectivity index is 1.42. The maximum absolute atomic E-state index is 13.9. The molecule has 2 aliphatic heterocycles. The first-order valence-corrected chi connectivity index (χ1v) is 8.91. The molecule has 1 aromatic heterocycles. The van der Waals surface area contributed by atoms with Crippen molar-refractivity contribution in [3.8, 4) is 5.75 Å². The number of piperidine rings is 1. The van der Waals surface area contributed by atoms with Crippen molar-refractivity contribution in [2.75, 3.05) is 26.7 Å². The van der Waals surface area contributed by atoms with E-state index in [4.69, 9.17) is 4.74 Å². The summed E-state index contributed by atoms with van der Waals surface area (Å²) in [5.74, 6) is 0.179. The molecular formula is C20H22FN3O2. The highest BCUT2D eigenvalue weighted by Gasteiger charge is 2.43. The molecule has 0 N–H and O–H groups in total. The monoisotopic (exact) mass is 355 g/mol. The number of methoxy groups -OCH3 is 1. The zero-order valence-electron chi connectivity index (χ0n) is 14.8. The van der Waals surface area contributed by atoms with Gasteiger partial charge in [-0.2, -0.15) is 0 Å². The van der Waals surface area contributed by atoms with Gasteiger partial charge in [0, 0.05) is 50.2 Å². The third-order valence-corrected chi connectivity index (χ3v) is 5.45. The molecule has 2 fully saturated rings. The smallest absolute Gasteiger partial charge is 0.254 e. The van der Waals surface area contributed by atoms with Gasteiger partial charge in [-0.15, -0.1) is 0 Å². The lowest BCUT2D eigenvalue weighted by atomic mass is 9.82. The molecule has 2 aliphatic rings. The summed E-state index contributed by atoms with van der Waals surface area (Å²) >= 11 is 0. The Labute approximate surface area is 152 Å². The van der Waals surface area contributed by atoms with Crippen LogP contribution < -0.4 is 4.74 Å². The van der Waals surface area contributed by atoms with E-state index in [2.05, 4.69) is 16.0 Å². The van der Waals surface area contributed by atoms with Gasteiger partial charge in [-0.25, -0.2) is 4.39 Å². The zero-order chi connectivity index (χ0) is 18.1. The fourth-order valence-electron chi connectivity index (χ4n) is 3.98. The molecule has 1 amide bonds. The highest BCUT2D eigenvalue weighted by molar-refractivity contribution is 5.94. The minimum atomic E-state index is -0.505. The molecule has 3 heterocycles. The maximum atomic E-state index is 13.9. The van der Waals surface area contributed by atoms with Gasteiger partial charge in [-0.05, 0) is 42.2 Å². The second-order valence-corrected chi connectivity index (χ2v) is 7.01. The summed E-state index contributed by atoms with van der Waals surface area (Å²) in [5, 5.41) is 0. The molecule has 136 valence electrons. The van der Waals surface area contributed by atoms with E-state index in [0.717, 1.165) is 26.1 Å². The summed E-state index contributed by atoms with van der Waals surface area (Å²) in [6.07, 6.45) is 4.66. The first kappa shape index (κ1) is 17.0. The molecule has 0 bridgehead atoms. The number of rotatable bonds is 4. The molecule has 26 heavy (non-hydrogen) atoms. The average Bonchev–Trinajstić information content (AvgIpc) is 2.66. The van der Waals surface area contributed by atoms with E-state index in [0.29, 0.717) is 24.1 Å². The predicted molar refractivity (Wildman–Crippen MR) is 95.4 cm³/mol. The van der Waals surface area contributed by atoms with Gasteiger partial charge in [0.05, 0.1) is 7.11 Å². The summed E-state index contributed by atoms with van der Waals surface area (Å²) in [4.78, 5) is 21.2. The Kier molecular flexibility index (Phi) is 4.59. The molecule has 2 atom stereocenters. The van der Waals surface area contributed by atoms with Crippen LogP contribution in [0.25, 0.3) is 0 Å². The van der Waals surface area contributed by atoms with Crippen LogP contribution in [0.2, 0.25) is 0 Å². The van der Waals surface area contributed by atoms with Gasteiger partial charge in [0.15, 0.2) is 11.6 Å². The number of likely N-dealkylation sites (tertiary alicyclic amines) is 2. The number of ether oxygens (including phenoxy) is 1. The number of aromatic nitrogens is 1. The van der Waals surface area contributed by atoms with E-state index in [1.807, 2.05) is 17.2 Å². The number of fused-ring (bicyclic) bond motifs is 1. The lowest BCUT2D eigenvalue weighted by molar-refractivity contribution is -0.0428.